The van der Waals surface area contributed by atoms with E-state index in [1.54, 1.807) is 0 Å². The molecule has 180 valence electrons. The van der Waals surface area contributed by atoms with E-state index >= 15 is 0 Å². The average Bonchev–Trinajstić information content (AvgIpc) is 2.71. The standard InChI is InChI=1S/C22H19Cl2F2N3O5/c1-20(25,26)34-11-2-3-14(27-6-11)18(30)28-21-8-22(9-21,10-21)29-19(31)17-7-32-15-4-12(23)13(24)5-16(15)33-17/h2-6,17H,7-10H2,1H3,(H,28,30)(H,29,31). The summed E-state index contributed by atoms with van der Waals surface area (Å²) in [5.74, 6) is -0.124. The lowest BCUT2D eigenvalue weighted by atomic mass is 9.44. The van der Waals surface area contributed by atoms with Crippen molar-refractivity contribution < 1.29 is 32.6 Å². The lowest BCUT2D eigenvalue weighted by Crippen LogP contribution is -2.84. The smallest absolute Gasteiger partial charge is 0.394 e. The molecule has 6 rings (SSSR count). The van der Waals surface area contributed by atoms with E-state index in [0.717, 1.165) is 6.20 Å². The van der Waals surface area contributed by atoms with E-state index in [1.807, 2.05) is 0 Å². The summed E-state index contributed by atoms with van der Waals surface area (Å²) in [6, 6.07) is 5.62. The molecule has 4 aliphatic rings. The Kier molecular flexibility index (Phi) is 5.29. The van der Waals surface area contributed by atoms with Gasteiger partial charge in [-0.1, -0.05) is 23.2 Å². The van der Waals surface area contributed by atoms with Gasteiger partial charge in [0.2, 0.25) is 6.10 Å². The Labute approximate surface area is 202 Å². The van der Waals surface area contributed by atoms with Crippen molar-refractivity contribution in [3.05, 3.63) is 46.2 Å². The van der Waals surface area contributed by atoms with E-state index in [-0.39, 0.29) is 24.0 Å². The van der Waals surface area contributed by atoms with Crippen LogP contribution < -0.4 is 24.8 Å². The predicted molar refractivity (Wildman–Crippen MR) is 117 cm³/mol. The molecule has 2 N–H and O–H groups in total. The maximum Gasteiger partial charge on any atom is 0.394 e. The fraction of sp³-hybridized carbons (Fsp3) is 0.409. The summed E-state index contributed by atoms with van der Waals surface area (Å²) in [6.45, 7) is 0.646. The van der Waals surface area contributed by atoms with Crippen LogP contribution in [0.15, 0.2) is 30.5 Å². The third-order valence-corrected chi connectivity index (χ3v) is 6.72. The van der Waals surface area contributed by atoms with Gasteiger partial charge in [0.15, 0.2) is 11.5 Å². The molecular formula is C22H19Cl2F2N3O5. The number of nitrogens with one attached hydrogen (secondary N) is 2. The van der Waals surface area contributed by atoms with E-state index in [0.29, 0.717) is 47.7 Å². The number of ether oxygens (including phenoxy) is 3. The zero-order valence-corrected chi connectivity index (χ0v) is 19.3. The van der Waals surface area contributed by atoms with Gasteiger partial charge in [0.05, 0.1) is 16.2 Å². The number of hydrogen-bond donors (Lipinski definition) is 2. The first-order valence-electron chi connectivity index (χ1n) is 10.4. The lowest BCUT2D eigenvalue weighted by Gasteiger charge is -2.70. The topological polar surface area (TPSA) is 98.8 Å². The Morgan fingerprint density at radius 1 is 1.12 bits per heavy atom. The van der Waals surface area contributed by atoms with E-state index < -0.39 is 29.2 Å². The number of hydrogen-bond acceptors (Lipinski definition) is 6. The number of fused-ring (bicyclic) bond motifs is 1. The quantitative estimate of drug-likeness (QED) is 0.610. The zero-order valence-electron chi connectivity index (χ0n) is 17.8. The molecule has 8 nitrogen and oxygen atoms in total. The Morgan fingerprint density at radius 2 is 1.76 bits per heavy atom. The molecule has 34 heavy (non-hydrogen) atoms. The molecule has 0 radical (unpaired) electrons. The maximum absolute atomic E-state index is 12.9. The van der Waals surface area contributed by atoms with Gasteiger partial charge in [-0.2, -0.15) is 8.78 Å². The number of halogens is 4. The minimum Gasteiger partial charge on any atom is -0.485 e. The molecule has 1 atom stereocenters. The molecule has 2 heterocycles. The second kappa shape index (κ2) is 7.84. The van der Waals surface area contributed by atoms with Crippen LogP contribution in [0.25, 0.3) is 0 Å². The van der Waals surface area contributed by atoms with E-state index in [1.165, 1.54) is 24.3 Å². The van der Waals surface area contributed by atoms with Crippen LogP contribution in [0.4, 0.5) is 8.78 Å². The van der Waals surface area contributed by atoms with E-state index in [9.17, 15) is 18.4 Å². The SMILES string of the molecule is CC(F)(F)Oc1ccc(C(=O)NC23CC(NC(=O)C4COc5cc(Cl)c(Cl)cc5O4)(C2)C3)nc1. The van der Waals surface area contributed by atoms with Crippen LogP contribution in [0, 0.1) is 0 Å². The third kappa shape index (κ3) is 4.32. The van der Waals surface area contributed by atoms with Crippen molar-refractivity contribution in [3.63, 3.8) is 0 Å². The molecule has 1 aromatic carbocycles. The highest BCUT2D eigenvalue weighted by atomic mass is 35.5. The Bertz CT molecular complexity index is 1150. The van der Waals surface area contributed by atoms with Crippen molar-refractivity contribution in [1.82, 2.24) is 15.6 Å². The third-order valence-electron chi connectivity index (χ3n) is 6.00. The molecule has 3 aliphatic carbocycles. The van der Waals surface area contributed by atoms with Crippen LogP contribution >= 0.6 is 23.2 Å². The number of pyridine rings is 1. The highest BCUT2D eigenvalue weighted by molar-refractivity contribution is 6.42. The first kappa shape index (κ1) is 22.9. The van der Waals surface area contributed by atoms with Crippen LogP contribution in [0.1, 0.15) is 36.7 Å². The van der Waals surface area contributed by atoms with Crippen LogP contribution in [0.5, 0.6) is 17.2 Å². The Morgan fingerprint density at radius 3 is 2.38 bits per heavy atom. The monoisotopic (exact) mass is 513 g/mol. The van der Waals surface area contributed by atoms with Crippen LogP contribution in [0.2, 0.25) is 10.0 Å². The van der Waals surface area contributed by atoms with Gasteiger partial charge in [0.1, 0.15) is 18.1 Å². The van der Waals surface area contributed by atoms with E-state index in [2.05, 4.69) is 20.4 Å². The zero-order chi connectivity index (χ0) is 24.3. The number of amides is 2. The molecule has 0 saturated heterocycles. The van der Waals surface area contributed by atoms with Gasteiger partial charge in [-0.3, -0.25) is 9.59 Å². The van der Waals surface area contributed by atoms with Gasteiger partial charge in [0, 0.05) is 30.1 Å². The highest BCUT2D eigenvalue weighted by Crippen LogP contribution is 2.60. The number of aromatic nitrogens is 1. The number of nitrogens with zero attached hydrogens (tertiary/aromatic N) is 1. The van der Waals surface area contributed by atoms with Crippen molar-refractivity contribution in [2.45, 2.75) is 49.5 Å². The second-order valence-corrected chi connectivity index (χ2v) is 9.77. The molecule has 1 aliphatic heterocycles. The molecule has 3 saturated carbocycles. The minimum absolute atomic E-state index is 0.0318. The molecule has 1 unspecified atom stereocenters. The summed E-state index contributed by atoms with van der Waals surface area (Å²) < 4.78 is 41.5. The van der Waals surface area contributed by atoms with Gasteiger partial charge in [-0.25, -0.2) is 4.98 Å². The number of carbonyl (C=O) groups is 2. The number of carbonyl (C=O) groups excluding carboxylic acids is 2. The van der Waals surface area contributed by atoms with Crippen molar-refractivity contribution in [3.8, 4) is 17.2 Å². The van der Waals surface area contributed by atoms with Crippen molar-refractivity contribution >= 4 is 35.0 Å². The van der Waals surface area contributed by atoms with Crippen LogP contribution in [0.3, 0.4) is 0 Å². The van der Waals surface area contributed by atoms with E-state index in [4.69, 9.17) is 32.7 Å². The van der Waals surface area contributed by atoms with Gasteiger partial charge in [-0.05, 0) is 31.4 Å². The molecule has 12 heteroatoms. The summed E-state index contributed by atoms with van der Waals surface area (Å²) in [4.78, 5) is 29.1. The molecule has 3 fully saturated rings. The summed E-state index contributed by atoms with van der Waals surface area (Å²) in [5.41, 5.74) is -0.762. The second-order valence-electron chi connectivity index (χ2n) is 8.95. The lowest BCUT2D eigenvalue weighted by molar-refractivity contribution is -0.159. The summed E-state index contributed by atoms with van der Waals surface area (Å²) in [6.07, 6.45) is -1.42. The molecule has 1 aromatic heterocycles. The maximum atomic E-state index is 12.9. The molecule has 2 aromatic rings. The van der Waals surface area contributed by atoms with Crippen molar-refractivity contribution in [2.75, 3.05) is 6.61 Å². The number of rotatable bonds is 6. The average molecular weight is 514 g/mol. The molecular weight excluding hydrogens is 495 g/mol. The Balaban J connectivity index is 1.13. The summed E-state index contributed by atoms with van der Waals surface area (Å²) in [7, 11) is 0. The summed E-state index contributed by atoms with van der Waals surface area (Å²) >= 11 is 12.0. The first-order chi connectivity index (χ1) is 15.9. The molecule has 2 bridgehead atoms. The van der Waals surface area contributed by atoms with Gasteiger partial charge < -0.3 is 24.8 Å². The largest absolute Gasteiger partial charge is 0.485 e. The fourth-order valence-electron chi connectivity index (χ4n) is 4.68. The van der Waals surface area contributed by atoms with Gasteiger partial charge in [-0.15, -0.1) is 0 Å². The predicted octanol–water partition coefficient (Wildman–Crippen LogP) is 3.74. The van der Waals surface area contributed by atoms with Gasteiger partial charge in [0.25, 0.3) is 11.8 Å². The highest BCUT2D eigenvalue weighted by Gasteiger charge is 2.69. The van der Waals surface area contributed by atoms with Crippen molar-refractivity contribution in [1.29, 1.82) is 0 Å². The van der Waals surface area contributed by atoms with Crippen molar-refractivity contribution in [2.24, 2.45) is 0 Å². The summed E-state index contributed by atoms with van der Waals surface area (Å²) in [5, 5.41) is 6.54. The van der Waals surface area contributed by atoms with Crippen LogP contribution in [-0.2, 0) is 4.79 Å². The normalized spacial score (nSPS) is 26.6. The fourth-order valence-corrected chi connectivity index (χ4v) is 4.99. The number of alkyl halides is 2. The first-order valence-corrected chi connectivity index (χ1v) is 11.2. The van der Waals surface area contributed by atoms with Gasteiger partial charge >= 0.3 is 6.11 Å². The molecule has 0 spiro atoms. The van der Waals surface area contributed by atoms with Crippen LogP contribution in [-0.4, -0.2) is 46.7 Å². The Hall–Kier alpha value is -2.85. The number of benzene rings is 1. The molecule has 2 amide bonds. The minimum atomic E-state index is -3.34.